The number of hydrogen-bond donors (Lipinski definition) is 0. The Balaban J connectivity index is 1.31. The van der Waals surface area contributed by atoms with Crippen molar-refractivity contribution in [2.75, 3.05) is 24.5 Å². The molecule has 0 spiro atoms. The Morgan fingerprint density at radius 3 is 2.31 bits per heavy atom. The van der Waals surface area contributed by atoms with Gasteiger partial charge in [0, 0.05) is 31.7 Å². The van der Waals surface area contributed by atoms with Gasteiger partial charge in [0.15, 0.2) is 0 Å². The van der Waals surface area contributed by atoms with Crippen LogP contribution in [0.15, 0.2) is 54.6 Å². The van der Waals surface area contributed by atoms with Gasteiger partial charge in [-0.15, -0.1) is 0 Å². The van der Waals surface area contributed by atoms with Crippen molar-refractivity contribution >= 4 is 17.5 Å². The van der Waals surface area contributed by atoms with Crippen molar-refractivity contribution in [3.63, 3.8) is 0 Å². The molecule has 0 bridgehead atoms. The molecule has 1 unspecified atom stereocenters. The van der Waals surface area contributed by atoms with Crippen molar-refractivity contribution < 1.29 is 9.59 Å². The van der Waals surface area contributed by atoms with E-state index in [0.717, 1.165) is 44.5 Å². The highest BCUT2D eigenvalue weighted by molar-refractivity contribution is 6.00. The Hall–Kier alpha value is -2.62. The number of rotatable bonds is 5. The molecule has 2 saturated heterocycles. The predicted molar refractivity (Wildman–Crippen MR) is 116 cm³/mol. The molecule has 0 aliphatic carbocycles. The highest BCUT2D eigenvalue weighted by Gasteiger charge is 2.38. The van der Waals surface area contributed by atoms with Gasteiger partial charge in [-0.05, 0) is 54.9 Å². The Morgan fingerprint density at radius 1 is 0.966 bits per heavy atom. The van der Waals surface area contributed by atoms with Crippen LogP contribution in [0.5, 0.6) is 0 Å². The third kappa shape index (κ3) is 4.52. The van der Waals surface area contributed by atoms with E-state index < -0.39 is 0 Å². The van der Waals surface area contributed by atoms with Crippen LogP contribution in [0.2, 0.25) is 0 Å². The maximum absolute atomic E-state index is 13.0. The summed E-state index contributed by atoms with van der Waals surface area (Å²) >= 11 is 0. The molecule has 0 aromatic heterocycles. The molecule has 152 valence electrons. The lowest BCUT2D eigenvalue weighted by Crippen LogP contribution is -2.42. The molecule has 0 radical (unpaired) electrons. The molecule has 2 aliphatic heterocycles. The molecule has 0 N–H and O–H groups in total. The Kier molecular flexibility index (Phi) is 5.98. The lowest BCUT2D eigenvalue weighted by atomic mass is 9.89. The summed E-state index contributed by atoms with van der Waals surface area (Å²) < 4.78 is 0. The minimum atomic E-state index is -0.209. The number of hydrogen-bond acceptors (Lipinski definition) is 2. The van der Waals surface area contributed by atoms with Crippen LogP contribution in [-0.4, -0.2) is 36.3 Å². The van der Waals surface area contributed by atoms with Gasteiger partial charge in [0.25, 0.3) is 0 Å². The van der Waals surface area contributed by atoms with E-state index in [0.29, 0.717) is 18.9 Å². The molecule has 2 fully saturated rings. The smallest absolute Gasteiger partial charge is 0.228 e. The average molecular weight is 391 g/mol. The first-order valence-corrected chi connectivity index (χ1v) is 10.9. The highest BCUT2D eigenvalue weighted by Crippen LogP contribution is 2.29. The zero-order chi connectivity index (χ0) is 20.2. The Morgan fingerprint density at radius 2 is 1.66 bits per heavy atom. The summed E-state index contributed by atoms with van der Waals surface area (Å²) in [6.07, 6.45) is 4.49. The van der Waals surface area contributed by atoms with E-state index in [2.05, 4.69) is 49.4 Å². The van der Waals surface area contributed by atoms with Crippen LogP contribution in [0.4, 0.5) is 5.69 Å². The molecule has 2 aromatic rings. The van der Waals surface area contributed by atoms with Crippen LogP contribution in [0, 0.1) is 11.8 Å². The first kappa shape index (κ1) is 19.7. The van der Waals surface area contributed by atoms with Crippen molar-refractivity contribution in [2.24, 2.45) is 11.8 Å². The van der Waals surface area contributed by atoms with Gasteiger partial charge in [0.2, 0.25) is 11.8 Å². The fourth-order valence-electron chi connectivity index (χ4n) is 4.60. The second-order valence-electron chi connectivity index (χ2n) is 8.38. The van der Waals surface area contributed by atoms with Crippen LogP contribution < -0.4 is 4.90 Å². The van der Waals surface area contributed by atoms with E-state index in [4.69, 9.17) is 0 Å². The van der Waals surface area contributed by atoms with Gasteiger partial charge in [-0.2, -0.15) is 0 Å². The van der Waals surface area contributed by atoms with Crippen LogP contribution in [-0.2, 0) is 22.4 Å². The zero-order valence-corrected chi connectivity index (χ0v) is 17.2. The predicted octanol–water partition coefficient (Wildman–Crippen LogP) is 4.08. The summed E-state index contributed by atoms with van der Waals surface area (Å²) in [5, 5.41) is 0. The maximum Gasteiger partial charge on any atom is 0.228 e. The number of nitrogens with zero attached hydrogens (tertiary/aromatic N) is 2. The van der Waals surface area contributed by atoms with E-state index in [1.165, 1.54) is 11.1 Å². The standard InChI is InChI=1S/C25H30N2O2/c1-2-19-8-10-23(11-9-19)27-18-22(17-24(27)28)25(29)26-14-12-21(13-15-26)16-20-6-4-3-5-7-20/h3-11,21-22H,2,12-18H2,1H3. The molecule has 4 rings (SSSR count). The molecular formula is C25H30N2O2. The number of piperidine rings is 1. The highest BCUT2D eigenvalue weighted by atomic mass is 16.2. The van der Waals surface area contributed by atoms with Gasteiger partial charge in [0.1, 0.15) is 0 Å². The molecule has 4 heteroatoms. The molecule has 2 aliphatic rings. The van der Waals surface area contributed by atoms with Crippen LogP contribution in [0.25, 0.3) is 0 Å². The second kappa shape index (κ2) is 8.81. The number of carbonyl (C=O) groups is 2. The summed E-state index contributed by atoms with van der Waals surface area (Å²) in [7, 11) is 0. The van der Waals surface area contributed by atoms with Crippen LogP contribution in [0.3, 0.4) is 0 Å². The monoisotopic (exact) mass is 390 g/mol. The van der Waals surface area contributed by atoms with Crippen LogP contribution >= 0.6 is 0 Å². The normalized spacial score (nSPS) is 20.3. The molecule has 0 saturated carbocycles. The van der Waals surface area contributed by atoms with Gasteiger partial charge in [0.05, 0.1) is 5.92 Å². The summed E-state index contributed by atoms with van der Waals surface area (Å²) in [4.78, 5) is 29.3. The third-order valence-electron chi connectivity index (χ3n) is 6.42. The first-order valence-electron chi connectivity index (χ1n) is 10.9. The van der Waals surface area contributed by atoms with Gasteiger partial charge in [-0.25, -0.2) is 0 Å². The second-order valence-corrected chi connectivity index (χ2v) is 8.38. The maximum atomic E-state index is 13.0. The number of likely N-dealkylation sites (tertiary alicyclic amines) is 1. The Labute approximate surface area is 173 Å². The minimum absolute atomic E-state index is 0.0616. The quantitative estimate of drug-likeness (QED) is 0.772. The number of anilines is 1. The largest absolute Gasteiger partial charge is 0.342 e. The Bertz CT molecular complexity index is 839. The van der Waals surface area contributed by atoms with Gasteiger partial charge < -0.3 is 9.80 Å². The lowest BCUT2D eigenvalue weighted by Gasteiger charge is -2.33. The fraction of sp³-hybridized carbons (Fsp3) is 0.440. The van der Waals surface area contributed by atoms with E-state index in [1.54, 1.807) is 4.90 Å². The minimum Gasteiger partial charge on any atom is -0.342 e. The van der Waals surface area contributed by atoms with Crippen molar-refractivity contribution in [2.45, 2.75) is 39.0 Å². The summed E-state index contributed by atoms with van der Waals surface area (Å²) in [5.74, 6) is 0.648. The molecule has 4 nitrogen and oxygen atoms in total. The van der Waals surface area contributed by atoms with Gasteiger partial charge >= 0.3 is 0 Å². The van der Waals surface area contributed by atoms with Crippen molar-refractivity contribution in [3.05, 3.63) is 65.7 Å². The summed E-state index contributed by atoms with van der Waals surface area (Å²) in [6.45, 7) is 4.25. The third-order valence-corrected chi connectivity index (χ3v) is 6.42. The van der Waals surface area contributed by atoms with E-state index >= 15 is 0 Å². The molecular weight excluding hydrogens is 360 g/mol. The van der Waals surface area contributed by atoms with Crippen molar-refractivity contribution in [3.8, 4) is 0 Å². The van der Waals surface area contributed by atoms with Gasteiger partial charge in [-0.3, -0.25) is 9.59 Å². The lowest BCUT2D eigenvalue weighted by molar-refractivity contribution is -0.137. The number of carbonyl (C=O) groups excluding carboxylic acids is 2. The summed E-state index contributed by atoms with van der Waals surface area (Å²) in [5.41, 5.74) is 3.54. The fourth-order valence-corrected chi connectivity index (χ4v) is 4.60. The molecule has 2 amide bonds. The SMILES string of the molecule is CCc1ccc(N2CC(C(=O)N3CCC(Cc4ccccc4)CC3)CC2=O)cc1. The average Bonchev–Trinajstić information content (AvgIpc) is 3.16. The van der Waals surface area contributed by atoms with Crippen LogP contribution in [0.1, 0.15) is 37.3 Å². The molecule has 2 aromatic carbocycles. The van der Waals surface area contributed by atoms with E-state index in [1.807, 2.05) is 17.0 Å². The number of benzene rings is 2. The number of amides is 2. The van der Waals surface area contributed by atoms with Gasteiger partial charge in [-0.1, -0.05) is 49.4 Å². The number of aryl methyl sites for hydroxylation is 1. The van der Waals surface area contributed by atoms with E-state index in [9.17, 15) is 9.59 Å². The van der Waals surface area contributed by atoms with Crippen molar-refractivity contribution in [1.29, 1.82) is 0 Å². The molecule has 1 atom stereocenters. The van der Waals surface area contributed by atoms with Crippen molar-refractivity contribution in [1.82, 2.24) is 4.90 Å². The van der Waals surface area contributed by atoms with E-state index in [-0.39, 0.29) is 17.7 Å². The molecule has 2 heterocycles. The molecule has 29 heavy (non-hydrogen) atoms. The topological polar surface area (TPSA) is 40.6 Å². The summed E-state index contributed by atoms with van der Waals surface area (Å²) in [6, 6.07) is 18.7. The first-order chi connectivity index (χ1) is 14.1. The zero-order valence-electron chi connectivity index (χ0n) is 17.2.